The quantitative estimate of drug-likeness (QED) is 0.660. The number of nitrogens with one attached hydrogen (secondary N) is 1. The van der Waals surface area contributed by atoms with Crippen LogP contribution in [0.25, 0.3) is 0 Å². The fraction of sp³-hybridized carbons (Fsp3) is 0.200. The highest BCUT2D eigenvalue weighted by Gasteiger charge is 2.20. The Morgan fingerprint density at radius 2 is 2.00 bits per heavy atom. The van der Waals surface area contributed by atoms with Crippen molar-refractivity contribution >= 4 is 49.2 Å². The minimum Gasteiger partial charge on any atom is -0.293 e. The molecule has 0 bridgehead atoms. The minimum absolute atomic E-state index is 0.0603. The van der Waals surface area contributed by atoms with Crippen molar-refractivity contribution in [2.45, 2.75) is 11.8 Å². The van der Waals surface area contributed by atoms with E-state index < -0.39 is 15.9 Å². The molecule has 0 unspecified atom stereocenters. The molecule has 18 heavy (non-hydrogen) atoms. The number of halogens is 2. The van der Waals surface area contributed by atoms with Gasteiger partial charge in [-0.15, -0.1) is 0 Å². The molecule has 0 radical (unpaired) electrons. The summed E-state index contributed by atoms with van der Waals surface area (Å²) in [6.45, 7) is 1.07. The van der Waals surface area contributed by atoms with E-state index in [2.05, 4.69) is 15.9 Å². The summed E-state index contributed by atoms with van der Waals surface area (Å²) in [5, 5.41) is 0.00344. The number of carbonyl (C=O) groups is 2. The van der Waals surface area contributed by atoms with Gasteiger partial charge in [0.2, 0.25) is 5.91 Å². The van der Waals surface area contributed by atoms with Gasteiger partial charge >= 0.3 is 0 Å². The largest absolute Gasteiger partial charge is 0.293 e. The number of amides is 1. The normalized spacial score (nSPS) is 11.1. The van der Waals surface area contributed by atoms with Gasteiger partial charge in [0.25, 0.3) is 10.0 Å². The van der Waals surface area contributed by atoms with Crippen LogP contribution >= 0.6 is 27.5 Å². The maximum absolute atomic E-state index is 11.8. The molecule has 1 N–H and O–H groups in total. The number of hydrogen-bond donors (Lipinski definition) is 1. The van der Waals surface area contributed by atoms with E-state index in [0.717, 1.165) is 13.0 Å². The monoisotopic (exact) mass is 353 g/mol. The summed E-state index contributed by atoms with van der Waals surface area (Å²) in [5.41, 5.74) is 0.195. The van der Waals surface area contributed by atoms with Crippen LogP contribution in [0.1, 0.15) is 17.3 Å². The number of sulfonamides is 1. The van der Waals surface area contributed by atoms with Crippen LogP contribution < -0.4 is 4.72 Å². The molecule has 1 amide bonds. The van der Waals surface area contributed by atoms with Crippen LogP contribution in [0.2, 0.25) is 5.02 Å². The van der Waals surface area contributed by atoms with Crippen LogP contribution in [0.3, 0.4) is 0 Å². The van der Waals surface area contributed by atoms with Crippen molar-refractivity contribution in [3.63, 3.8) is 0 Å². The van der Waals surface area contributed by atoms with Gasteiger partial charge in [0.15, 0.2) is 5.78 Å². The summed E-state index contributed by atoms with van der Waals surface area (Å²) in [4.78, 5) is 22.0. The van der Waals surface area contributed by atoms with Crippen molar-refractivity contribution in [1.82, 2.24) is 4.72 Å². The molecule has 0 fully saturated rings. The molecule has 5 nitrogen and oxygen atoms in total. The number of Topliss-reactive ketones (excluding diaryl/α,β-unsaturated/α-hetero) is 1. The molecule has 0 saturated heterocycles. The number of ketones is 1. The highest BCUT2D eigenvalue weighted by molar-refractivity contribution is 9.09. The summed E-state index contributed by atoms with van der Waals surface area (Å²) < 4.78 is 25.4. The van der Waals surface area contributed by atoms with Crippen LogP contribution in [0.15, 0.2) is 23.1 Å². The smallest absolute Gasteiger partial charge is 0.265 e. The van der Waals surface area contributed by atoms with Gasteiger partial charge in [-0.05, 0) is 18.2 Å². The van der Waals surface area contributed by atoms with E-state index in [4.69, 9.17) is 11.6 Å². The number of alkyl halides is 1. The maximum atomic E-state index is 11.8. The highest BCUT2D eigenvalue weighted by atomic mass is 79.9. The first-order valence-electron chi connectivity index (χ1n) is 4.70. The van der Waals surface area contributed by atoms with Gasteiger partial charge < -0.3 is 0 Å². The van der Waals surface area contributed by atoms with E-state index in [9.17, 15) is 18.0 Å². The maximum Gasteiger partial charge on any atom is 0.265 e. The molecular formula is C10H9BrClNO4S. The predicted octanol–water partition coefficient (Wildman–Crippen LogP) is 1.74. The van der Waals surface area contributed by atoms with Gasteiger partial charge in [-0.2, -0.15) is 0 Å². The Labute approximate surface area is 118 Å². The van der Waals surface area contributed by atoms with Crippen molar-refractivity contribution in [2.24, 2.45) is 0 Å². The Kier molecular flexibility index (Phi) is 4.89. The summed E-state index contributed by atoms with van der Waals surface area (Å²) in [5.74, 6) is -1.02. The van der Waals surface area contributed by atoms with Gasteiger partial charge in [-0.1, -0.05) is 27.5 Å². The molecule has 8 heteroatoms. The van der Waals surface area contributed by atoms with Crippen LogP contribution in [-0.4, -0.2) is 25.4 Å². The Hall–Kier alpha value is -0.920. The third-order valence-corrected chi connectivity index (χ3v) is 4.37. The van der Waals surface area contributed by atoms with Gasteiger partial charge in [-0.25, -0.2) is 13.1 Å². The lowest BCUT2D eigenvalue weighted by atomic mass is 10.1. The van der Waals surface area contributed by atoms with Crippen molar-refractivity contribution in [2.75, 3.05) is 5.33 Å². The second-order valence-electron chi connectivity index (χ2n) is 3.36. The average Bonchev–Trinajstić information content (AvgIpc) is 2.26. The fourth-order valence-corrected chi connectivity index (χ4v) is 3.05. The molecule has 0 aromatic heterocycles. The van der Waals surface area contributed by atoms with E-state index in [1.807, 2.05) is 0 Å². The first-order valence-corrected chi connectivity index (χ1v) is 7.68. The van der Waals surface area contributed by atoms with Gasteiger partial charge in [0, 0.05) is 12.5 Å². The summed E-state index contributed by atoms with van der Waals surface area (Å²) >= 11 is 8.74. The zero-order chi connectivity index (χ0) is 13.9. The molecule has 1 aromatic rings. The van der Waals surface area contributed by atoms with Gasteiger partial charge in [0.05, 0.1) is 10.4 Å². The lowest BCUT2D eigenvalue weighted by molar-refractivity contribution is -0.117. The molecule has 0 atom stereocenters. The Balaban J connectivity index is 3.32. The highest BCUT2D eigenvalue weighted by Crippen LogP contribution is 2.23. The van der Waals surface area contributed by atoms with Crippen LogP contribution in [-0.2, 0) is 14.8 Å². The lowest BCUT2D eigenvalue weighted by Gasteiger charge is -2.08. The van der Waals surface area contributed by atoms with E-state index in [1.165, 1.54) is 12.1 Å². The van der Waals surface area contributed by atoms with Crippen molar-refractivity contribution in [3.8, 4) is 0 Å². The molecular weight excluding hydrogens is 346 g/mol. The van der Waals surface area contributed by atoms with Crippen LogP contribution in [0, 0.1) is 0 Å². The van der Waals surface area contributed by atoms with Crippen molar-refractivity contribution < 1.29 is 18.0 Å². The number of carbonyl (C=O) groups excluding carboxylic acids is 2. The summed E-state index contributed by atoms with van der Waals surface area (Å²) in [6.07, 6.45) is 0. The topological polar surface area (TPSA) is 80.3 Å². The Morgan fingerprint density at radius 1 is 1.39 bits per heavy atom. The lowest BCUT2D eigenvalue weighted by Crippen LogP contribution is -2.28. The summed E-state index contributed by atoms with van der Waals surface area (Å²) in [6, 6.07) is 3.85. The SMILES string of the molecule is CC(=O)NS(=O)(=O)c1cc(C(=O)CBr)ccc1Cl. The second kappa shape index (κ2) is 5.81. The zero-order valence-electron chi connectivity index (χ0n) is 9.24. The number of rotatable bonds is 4. The molecule has 0 aliphatic carbocycles. The van der Waals surface area contributed by atoms with E-state index in [1.54, 1.807) is 4.72 Å². The first-order chi connectivity index (χ1) is 8.27. The van der Waals surface area contributed by atoms with Crippen molar-refractivity contribution in [3.05, 3.63) is 28.8 Å². The third kappa shape index (κ3) is 3.54. The molecule has 0 aliphatic rings. The Bertz CT molecular complexity index is 600. The molecule has 0 heterocycles. The average molecular weight is 355 g/mol. The van der Waals surface area contributed by atoms with E-state index in [0.29, 0.717) is 0 Å². The predicted molar refractivity (Wildman–Crippen MR) is 70.6 cm³/mol. The molecule has 1 rings (SSSR count). The Morgan fingerprint density at radius 3 is 2.50 bits per heavy atom. The number of hydrogen-bond acceptors (Lipinski definition) is 4. The first kappa shape index (κ1) is 15.1. The number of benzene rings is 1. The van der Waals surface area contributed by atoms with Crippen molar-refractivity contribution in [1.29, 1.82) is 0 Å². The van der Waals surface area contributed by atoms with Gasteiger partial charge in [-0.3, -0.25) is 9.59 Å². The van der Waals surface area contributed by atoms with E-state index >= 15 is 0 Å². The molecule has 0 aliphatic heterocycles. The molecule has 0 spiro atoms. The van der Waals surface area contributed by atoms with Crippen LogP contribution in [0.4, 0.5) is 0 Å². The summed E-state index contributed by atoms with van der Waals surface area (Å²) in [7, 11) is -4.05. The second-order valence-corrected chi connectivity index (χ2v) is 5.98. The van der Waals surface area contributed by atoms with E-state index in [-0.39, 0.29) is 26.6 Å². The van der Waals surface area contributed by atoms with Gasteiger partial charge in [0.1, 0.15) is 4.90 Å². The zero-order valence-corrected chi connectivity index (χ0v) is 12.4. The minimum atomic E-state index is -4.05. The molecule has 98 valence electrons. The fourth-order valence-electron chi connectivity index (χ4n) is 1.20. The molecule has 1 aromatic carbocycles. The molecule has 0 saturated carbocycles. The standard InChI is InChI=1S/C10H9BrClNO4S/c1-6(14)13-18(16,17)10-4-7(9(15)5-11)2-3-8(10)12/h2-4H,5H2,1H3,(H,13,14). The van der Waals surface area contributed by atoms with Crippen LogP contribution in [0.5, 0.6) is 0 Å². The third-order valence-electron chi connectivity index (χ3n) is 1.94.